The maximum Gasteiger partial charge on any atom is 0.416 e. The number of rotatable bonds is 7. The second kappa shape index (κ2) is 11.1. The molecule has 0 unspecified atom stereocenters. The highest BCUT2D eigenvalue weighted by molar-refractivity contribution is 8.18. The van der Waals surface area contributed by atoms with Crippen LogP contribution in [-0.2, 0) is 23.8 Å². The lowest BCUT2D eigenvalue weighted by Gasteiger charge is -2.28. The van der Waals surface area contributed by atoms with Crippen molar-refractivity contribution in [3.8, 4) is 11.5 Å². The van der Waals surface area contributed by atoms with E-state index in [4.69, 9.17) is 9.47 Å². The van der Waals surface area contributed by atoms with Gasteiger partial charge in [0.05, 0.1) is 23.1 Å². The van der Waals surface area contributed by atoms with Crippen LogP contribution in [0, 0.1) is 0 Å². The third-order valence-electron chi connectivity index (χ3n) is 5.22. The number of hydrogen-bond donors (Lipinski definition) is 0. The largest absolute Gasteiger partial charge is 0.493 e. The van der Waals surface area contributed by atoms with E-state index < -0.39 is 41.6 Å². The van der Waals surface area contributed by atoms with Crippen molar-refractivity contribution in [3.63, 3.8) is 0 Å². The summed E-state index contributed by atoms with van der Waals surface area (Å²) < 4.78 is 89.7. The van der Waals surface area contributed by atoms with Gasteiger partial charge in [-0.25, -0.2) is 5.01 Å². The fourth-order valence-electron chi connectivity index (χ4n) is 3.44. The molecular formula is C24H23F6N3O3S. The number of halogens is 6. The molecule has 0 saturated carbocycles. The molecule has 2 aromatic carbocycles. The smallest absolute Gasteiger partial charge is 0.416 e. The number of benzene rings is 2. The van der Waals surface area contributed by atoms with E-state index in [1.54, 1.807) is 17.2 Å². The van der Waals surface area contributed by atoms with Crippen molar-refractivity contribution in [1.82, 2.24) is 10.0 Å². The summed E-state index contributed by atoms with van der Waals surface area (Å²) in [5, 5.41) is 4.14. The molecule has 0 radical (unpaired) electrons. The normalized spacial score (nSPS) is 15.4. The summed E-state index contributed by atoms with van der Waals surface area (Å²) in [5.41, 5.74) is -2.76. The second-order valence-electron chi connectivity index (χ2n) is 7.94. The second-order valence-corrected chi connectivity index (χ2v) is 8.95. The minimum atomic E-state index is -5.01. The number of aliphatic imine (C=N–C) groups is 1. The van der Waals surface area contributed by atoms with E-state index in [0.29, 0.717) is 28.2 Å². The number of amidine groups is 1. The molecule has 0 spiro atoms. The fraction of sp³-hybridized carbons (Fsp3) is 0.333. The van der Waals surface area contributed by atoms with Gasteiger partial charge in [0.15, 0.2) is 16.7 Å². The topological polar surface area (TPSA) is 54.4 Å². The third-order valence-corrected chi connectivity index (χ3v) is 6.22. The summed E-state index contributed by atoms with van der Waals surface area (Å²) in [4.78, 5) is 16.8. The van der Waals surface area contributed by atoms with E-state index in [1.165, 1.54) is 31.0 Å². The van der Waals surface area contributed by atoms with Crippen molar-refractivity contribution in [3.05, 3.63) is 63.6 Å². The Morgan fingerprint density at radius 2 is 1.70 bits per heavy atom. The highest BCUT2D eigenvalue weighted by Crippen LogP contribution is 2.39. The molecule has 0 N–H and O–H groups in total. The fourth-order valence-corrected chi connectivity index (χ4v) is 4.49. The first-order valence-electron chi connectivity index (χ1n) is 10.8. The van der Waals surface area contributed by atoms with Crippen LogP contribution >= 0.6 is 11.8 Å². The van der Waals surface area contributed by atoms with Crippen molar-refractivity contribution in [2.75, 3.05) is 27.7 Å². The molecule has 0 atom stereocenters. The summed E-state index contributed by atoms with van der Waals surface area (Å²) in [6, 6.07) is 5.90. The molecule has 3 rings (SSSR count). The third kappa shape index (κ3) is 6.77. The number of hydrogen-bond acceptors (Lipinski definition) is 6. The number of methoxy groups -OCH3 is 1. The van der Waals surface area contributed by atoms with E-state index in [9.17, 15) is 31.1 Å². The first kappa shape index (κ1) is 28.4. The average molecular weight is 548 g/mol. The van der Waals surface area contributed by atoms with E-state index in [1.807, 2.05) is 26.0 Å². The lowest BCUT2D eigenvalue weighted by Crippen LogP contribution is -2.39. The van der Waals surface area contributed by atoms with Gasteiger partial charge in [-0.3, -0.25) is 9.80 Å². The Hall–Kier alpha value is -3.19. The summed E-state index contributed by atoms with van der Waals surface area (Å²) in [5.74, 6) is -0.179. The molecule has 200 valence electrons. The Bertz CT molecular complexity index is 1230. The van der Waals surface area contributed by atoms with E-state index in [-0.39, 0.29) is 17.6 Å². The molecule has 2 aromatic rings. The number of alkyl halides is 6. The van der Waals surface area contributed by atoms with Crippen molar-refractivity contribution in [2.24, 2.45) is 4.99 Å². The molecule has 1 aliphatic rings. The lowest BCUT2D eigenvalue weighted by molar-refractivity contribution is -0.143. The minimum absolute atomic E-state index is 0.0633. The van der Waals surface area contributed by atoms with Gasteiger partial charge in [-0.1, -0.05) is 12.1 Å². The van der Waals surface area contributed by atoms with Crippen LogP contribution < -0.4 is 9.47 Å². The highest BCUT2D eigenvalue weighted by atomic mass is 32.2. The first-order valence-corrected chi connectivity index (χ1v) is 11.6. The van der Waals surface area contributed by atoms with Crippen LogP contribution in [-0.4, -0.2) is 48.8 Å². The van der Waals surface area contributed by atoms with Gasteiger partial charge in [-0.05, 0) is 54.6 Å². The monoisotopic (exact) mass is 547 g/mol. The quantitative estimate of drug-likeness (QED) is 0.238. The molecule has 0 aliphatic carbocycles. The predicted octanol–water partition coefficient (Wildman–Crippen LogP) is 6.08. The minimum Gasteiger partial charge on any atom is -0.493 e. The number of ether oxygens (including phenoxy) is 2. The molecule has 0 bridgehead atoms. The molecule has 1 aliphatic heterocycles. The molecule has 0 fully saturated rings. The Morgan fingerprint density at radius 1 is 1.00 bits per heavy atom. The highest BCUT2D eigenvalue weighted by Gasteiger charge is 2.38. The Labute approximate surface area is 213 Å². The molecule has 37 heavy (non-hydrogen) atoms. The van der Waals surface area contributed by atoms with Crippen LogP contribution in [0.2, 0.25) is 0 Å². The standard InChI is InChI=1S/C24H23F6N3O3S/c1-5-33(32(2)3)22-31-21(34)20(37-22)11-14-6-9-18(19(10-14)35-4)36-13-15-7-8-16(23(25,26)27)12-17(15)24(28,29)30/h6-12H,5,13H2,1-4H3. The molecule has 13 heteroatoms. The van der Waals surface area contributed by atoms with Gasteiger partial charge in [0.25, 0.3) is 5.91 Å². The number of carbonyl (C=O) groups excluding carboxylic acids is 1. The number of hydrazine groups is 1. The molecule has 1 amide bonds. The zero-order valence-corrected chi connectivity index (χ0v) is 21.0. The number of carbonyl (C=O) groups is 1. The zero-order chi connectivity index (χ0) is 27.5. The van der Waals surface area contributed by atoms with Gasteiger partial charge in [0.1, 0.15) is 6.61 Å². The van der Waals surface area contributed by atoms with Crippen LogP contribution in [0.3, 0.4) is 0 Å². The van der Waals surface area contributed by atoms with Gasteiger partial charge in [0.2, 0.25) is 0 Å². The summed E-state index contributed by atoms with van der Waals surface area (Å²) in [6.45, 7) is 1.88. The maximum absolute atomic E-state index is 13.4. The molecular weight excluding hydrogens is 524 g/mol. The molecule has 0 aromatic heterocycles. The van der Waals surface area contributed by atoms with Gasteiger partial charge in [0, 0.05) is 26.2 Å². The maximum atomic E-state index is 13.4. The predicted molar refractivity (Wildman–Crippen MR) is 128 cm³/mol. The van der Waals surface area contributed by atoms with Crippen LogP contribution in [0.15, 0.2) is 46.3 Å². The molecule has 6 nitrogen and oxygen atoms in total. The van der Waals surface area contributed by atoms with Crippen LogP contribution in [0.5, 0.6) is 11.5 Å². The van der Waals surface area contributed by atoms with Crippen molar-refractivity contribution in [1.29, 1.82) is 0 Å². The van der Waals surface area contributed by atoms with Crippen molar-refractivity contribution in [2.45, 2.75) is 25.9 Å². The van der Waals surface area contributed by atoms with Crippen LogP contribution in [0.4, 0.5) is 26.3 Å². The van der Waals surface area contributed by atoms with Crippen LogP contribution in [0.25, 0.3) is 6.08 Å². The zero-order valence-electron chi connectivity index (χ0n) is 20.2. The summed E-state index contributed by atoms with van der Waals surface area (Å²) in [7, 11) is 4.97. The molecule has 0 saturated heterocycles. The number of nitrogens with zero attached hydrogens (tertiary/aromatic N) is 3. The Kier molecular flexibility index (Phi) is 8.48. The van der Waals surface area contributed by atoms with E-state index >= 15 is 0 Å². The average Bonchev–Trinajstić information content (AvgIpc) is 3.16. The van der Waals surface area contributed by atoms with Gasteiger partial charge < -0.3 is 9.47 Å². The lowest BCUT2D eigenvalue weighted by atomic mass is 10.0. The van der Waals surface area contributed by atoms with Crippen molar-refractivity contribution < 1.29 is 40.6 Å². The SMILES string of the molecule is CCN(C1=NC(=O)C(=Cc2ccc(OCc3ccc(C(F)(F)F)cc3C(F)(F)F)c(OC)c2)S1)N(C)C. The van der Waals surface area contributed by atoms with Gasteiger partial charge >= 0.3 is 12.4 Å². The summed E-state index contributed by atoms with van der Waals surface area (Å²) in [6.07, 6.45) is -8.33. The van der Waals surface area contributed by atoms with Gasteiger partial charge in [-0.2, -0.15) is 31.3 Å². The summed E-state index contributed by atoms with van der Waals surface area (Å²) >= 11 is 1.19. The number of thioether (sulfide) groups is 1. The Balaban J connectivity index is 1.81. The Morgan fingerprint density at radius 3 is 2.27 bits per heavy atom. The first-order chi connectivity index (χ1) is 17.2. The van der Waals surface area contributed by atoms with E-state index in [0.717, 1.165) is 6.07 Å². The van der Waals surface area contributed by atoms with E-state index in [2.05, 4.69) is 4.99 Å². The van der Waals surface area contributed by atoms with Crippen molar-refractivity contribution >= 4 is 28.9 Å². The molecule has 1 heterocycles. The number of amides is 1. The van der Waals surface area contributed by atoms with Gasteiger partial charge in [-0.15, -0.1) is 0 Å². The van der Waals surface area contributed by atoms with Crippen LogP contribution in [0.1, 0.15) is 29.2 Å².